The lowest BCUT2D eigenvalue weighted by atomic mass is 10.0. The van der Waals surface area contributed by atoms with Gasteiger partial charge in [0.1, 0.15) is 5.75 Å². The van der Waals surface area contributed by atoms with Crippen molar-refractivity contribution in [3.63, 3.8) is 0 Å². The molecule has 0 atom stereocenters. The van der Waals surface area contributed by atoms with E-state index in [9.17, 15) is 13.2 Å². The molecule has 4 rings (SSSR count). The molecule has 3 N–H and O–H groups in total. The van der Waals surface area contributed by atoms with E-state index in [1.165, 1.54) is 12.1 Å². The van der Waals surface area contributed by atoms with Gasteiger partial charge in [-0.15, -0.1) is 13.2 Å². The van der Waals surface area contributed by atoms with Crippen LogP contribution in [-0.2, 0) is 13.1 Å². The second-order valence-electron chi connectivity index (χ2n) is 8.09. The van der Waals surface area contributed by atoms with E-state index in [0.717, 1.165) is 46.3 Å². The Hall–Kier alpha value is -3.59. The fraction of sp³-hybridized carbons (Fsp3) is 0.280. The standard InChI is InChI=1S/C25H26F3N5O/c1-2-3-20(30)9-11-33-24-7-4-21(12-19(24)15-31-33)32-10-8-17(16-32)23-6-5-22(13-18(23)14-29)34-25(26,27)28/h4-8,10,12-13,15-16,30H,2-3,9,11,14,29H2,1H3. The lowest BCUT2D eigenvalue weighted by Crippen LogP contribution is -2.17. The van der Waals surface area contributed by atoms with E-state index >= 15 is 0 Å². The lowest BCUT2D eigenvalue weighted by molar-refractivity contribution is -0.274. The number of hydrogen-bond donors (Lipinski definition) is 2. The molecule has 0 radical (unpaired) electrons. The van der Waals surface area contributed by atoms with E-state index in [4.69, 9.17) is 11.1 Å². The quantitative estimate of drug-likeness (QED) is 0.292. The zero-order valence-corrected chi connectivity index (χ0v) is 18.8. The zero-order valence-electron chi connectivity index (χ0n) is 18.8. The van der Waals surface area contributed by atoms with E-state index in [1.54, 1.807) is 6.07 Å². The Morgan fingerprint density at radius 3 is 2.68 bits per heavy atom. The second kappa shape index (κ2) is 9.72. The maximum absolute atomic E-state index is 12.5. The molecular weight excluding hydrogens is 443 g/mol. The summed E-state index contributed by atoms with van der Waals surface area (Å²) in [4.78, 5) is 0. The number of fused-ring (bicyclic) bond motifs is 1. The van der Waals surface area contributed by atoms with E-state index in [-0.39, 0.29) is 12.3 Å². The van der Waals surface area contributed by atoms with Gasteiger partial charge in [0.25, 0.3) is 0 Å². The molecule has 0 saturated carbocycles. The van der Waals surface area contributed by atoms with Gasteiger partial charge >= 0.3 is 6.36 Å². The zero-order chi connectivity index (χ0) is 24.3. The monoisotopic (exact) mass is 469 g/mol. The summed E-state index contributed by atoms with van der Waals surface area (Å²) >= 11 is 0. The molecule has 2 aromatic heterocycles. The number of rotatable bonds is 9. The van der Waals surface area contributed by atoms with Crippen LogP contribution < -0.4 is 10.5 Å². The number of aromatic nitrogens is 3. The molecule has 178 valence electrons. The van der Waals surface area contributed by atoms with Crippen LogP contribution in [0.25, 0.3) is 27.7 Å². The van der Waals surface area contributed by atoms with Crippen molar-refractivity contribution in [3.05, 3.63) is 66.6 Å². The Morgan fingerprint density at radius 1 is 1.12 bits per heavy atom. The molecule has 6 nitrogen and oxygen atoms in total. The molecule has 2 heterocycles. The largest absolute Gasteiger partial charge is 0.573 e. The third-order valence-electron chi connectivity index (χ3n) is 5.63. The number of hydrogen-bond acceptors (Lipinski definition) is 4. The molecule has 0 saturated heterocycles. The molecule has 0 aliphatic carbocycles. The molecule has 34 heavy (non-hydrogen) atoms. The summed E-state index contributed by atoms with van der Waals surface area (Å²) in [6.07, 6.45) is 3.34. The predicted molar refractivity (Wildman–Crippen MR) is 126 cm³/mol. The number of halogens is 3. The van der Waals surface area contributed by atoms with E-state index < -0.39 is 6.36 Å². The fourth-order valence-electron chi connectivity index (χ4n) is 4.02. The van der Waals surface area contributed by atoms with E-state index in [1.807, 2.05) is 52.1 Å². The van der Waals surface area contributed by atoms with Crippen LogP contribution in [0.3, 0.4) is 0 Å². The maximum Gasteiger partial charge on any atom is 0.573 e. The van der Waals surface area contributed by atoms with Gasteiger partial charge in [0.2, 0.25) is 0 Å². The highest BCUT2D eigenvalue weighted by Crippen LogP contribution is 2.31. The van der Waals surface area contributed by atoms with Gasteiger partial charge in [-0.2, -0.15) is 5.10 Å². The second-order valence-corrected chi connectivity index (χ2v) is 8.09. The Kier molecular flexibility index (Phi) is 6.74. The third-order valence-corrected chi connectivity index (χ3v) is 5.63. The first kappa shape index (κ1) is 23.6. The minimum Gasteiger partial charge on any atom is -0.406 e. The summed E-state index contributed by atoms with van der Waals surface area (Å²) in [5.74, 6) is -0.288. The summed E-state index contributed by atoms with van der Waals surface area (Å²) in [6.45, 7) is 2.82. The summed E-state index contributed by atoms with van der Waals surface area (Å²) in [6, 6.07) is 12.1. The lowest BCUT2D eigenvalue weighted by Gasteiger charge is -2.12. The fourth-order valence-corrected chi connectivity index (χ4v) is 4.02. The van der Waals surface area contributed by atoms with Crippen molar-refractivity contribution < 1.29 is 17.9 Å². The molecule has 0 aliphatic heterocycles. The molecule has 0 spiro atoms. The van der Waals surface area contributed by atoms with Gasteiger partial charge in [0.15, 0.2) is 0 Å². The number of alkyl halides is 3. The number of nitrogens with one attached hydrogen (secondary N) is 1. The first-order valence-corrected chi connectivity index (χ1v) is 11.1. The minimum absolute atomic E-state index is 0.0798. The smallest absolute Gasteiger partial charge is 0.406 e. The number of nitrogens with zero attached hydrogens (tertiary/aromatic N) is 3. The van der Waals surface area contributed by atoms with Crippen molar-refractivity contribution in [2.24, 2.45) is 5.73 Å². The van der Waals surface area contributed by atoms with Crippen LogP contribution in [0.5, 0.6) is 5.75 Å². The molecule has 2 aromatic carbocycles. The molecule has 0 unspecified atom stereocenters. The highest BCUT2D eigenvalue weighted by Gasteiger charge is 2.31. The van der Waals surface area contributed by atoms with Crippen LogP contribution in [0.1, 0.15) is 31.7 Å². The van der Waals surface area contributed by atoms with Crippen molar-refractivity contribution in [3.8, 4) is 22.6 Å². The van der Waals surface area contributed by atoms with Gasteiger partial charge in [-0.1, -0.05) is 19.4 Å². The number of ether oxygens (including phenoxy) is 1. The predicted octanol–water partition coefficient (Wildman–Crippen LogP) is 6.06. The molecule has 9 heteroatoms. The van der Waals surface area contributed by atoms with Gasteiger partial charge in [-0.25, -0.2) is 0 Å². The van der Waals surface area contributed by atoms with Crippen LogP contribution in [0.15, 0.2) is 61.1 Å². The Balaban J connectivity index is 1.56. The summed E-state index contributed by atoms with van der Waals surface area (Å²) in [5.41, 5.74) is 10.6. The van der Waals surface area contributed by atoms with Crippen LogP contribution >= 0.6 is 0 Å². The van der Waals surface area contributed by atoms with Gasteiger partial charge < -0.3 is 20.4 Å². The summed E-state index contributed by atoms with van der Waals surface area (Å²) in [7, 11) is 0. The molecular formula is C25H26F3N5O. The van der Waals surface area contributed by atoms with Crippen LogP contribution in [0.4, 0.5) is 13.2 Å². The minimum atomic E-state index is -4.75. The molecule has 0 bridgehead atoms. The molecule has 0 amide bonds. The Labute approximate surface area is 195 Å². The van der Waals surface area contributed by atoms with E-state index in [0.29, 0.717) is 18.5 Å². The molecule has 4 aromatic rings. The van der Waals surface area contributed by atoms with Crippen molar-refractivity contribution in [1.29, 1.82) is 5.41 Å². The van der Waals surface area contributed by atoms with Gasteiger partial charge in [-0.05, 0) is 53.9 Å². The highest BCUT2D eigenvalue weighted by atomic mass is 19.4. The first-order chi connectivity index (χ1) is 16.3. The van der Waals surface area contributed by atoms with Crippen LogP contribution in [-0.4, -0.2) is 26.4 Å². The van der Waals surface area contributed by atoms with Crippen LogP contribution in [0, 0.1) is 5.41 Å². The average molecular weight is 470 g/mol. The van der Waals surface area contributed by atoms with Crippen molar-refractivity contribution in [2.75, 3.05) is 0 Å². The number of nitrogens with two attached hydrogens (primary N) is 1. The topological polar surface area (TPSA) is 81.8 Å². The summed E-state index contributed by atoms with van der Waals surface area (Å²) in [5, 5.41) is 13.5. The first-order valence-electron chi connectivity index (χ1n) is 11.1. The maximum atomic E-state index is 12.5. The van der Waals surface area contributed by atoms with Crippen LogP contribution in [0.2, 0.25) is 0 Å². The number of aryl methyl sites for hydroxylation is 1. The Morgan fingerprint density at radius 2 is 1.94 bits per heavy atom. The van der Waals surface area contributed by atoms with Crippen molar-refractivity contribution >= 4 is 16.6 Å². The van der Waals surface area contributed by atoms with Gasteiger partial charge in [0.05, 0.1) is 11.7 Å². The van der Waals surface area contributed by atoms with Gasteiger partial charge in [-0.3, -0.25) is 4.68 Å². The van der Waals surface area contributed by atoms with E-state index in [2.05, 4.69) is 16.8 Å². The molecule has 0 fully saturated rings. The highest BCUT2D eigenvalue weighted by molar-refractivity contribution is 5.83. The normalized spacial score (nSPS) is 11.8. The SMILES string of the molecule is CCCC(=N)CCn1ncc2cc(-n3ccc(-c4ccc(OC(F)(F)F)cc4CN)c3)ccc21. The summed E-state index contributed by atoms with van der Waals surface area (Å²) < 4.78 is 45.5. The van der Waals surface area contributed by atoms with Gasteiger partial charge in [0, 0.05) is 54.3 Å². The number of benzene rings is 2. The Bertz CT molecular complexity index is 1310. The van der Waals surface area contributed by atoms with Crippen molar-refractivity contribution in [1.82, 2.24) is 14.3 Å². The van der Waals surface area contributed by atoms with Crippen molar-refractivity contribution in [2.45, 2.75) is 45.6 Å². The average Bonchev–Trinajstić information content (AvgIpc) is 3.43. The molecule has 0 aliphatic rings. The third kappa shape index (κ3) is 5.31.